The van der Waals surface area contributed by atoms with Crippen molar-refractivity contribution in [3.8, 4) is 11.5 Å². The molecule has 0 saturated carbocycles. The quantitative estimate of drug-likeness (QED) is 0.503. The van der Waals surface area contributed by atoms with Gasteiger partial charge >= 0.3 is 5.97 Å². The summed E-state index contributed by atoms with van der Waals surface area (Å²) in [6.07, 6.45) is 0. The van der Waals surface area contributed by atoms with E-state index in [4.69, 9.17) is 4.74 Å². The average Bonchev–Trinajstić information content (AvgIpc) is 3.00. The van der Waals surface area contributed by atoms with Crippen molar-refractivity contribution in [2.75, 3.05) is 0 Å². The van der Waals surface area contributed by atoms with E-state index in [9.17, 15) is 15.0 Å². The van der Waals surface area contributed by atoms with Crippen molar-refractivity contribution < 1.29 is 19.7 Å². The van der Waals surface area contributed by atoms with Crippen LogP contribution < -0.4 is 0 Å². The Morgan fingerprint density at radius 2 is 1.18 bits per heavy atom. The summed E-state index contributed by atoms with van der Waals surface area (Å²) in [5.41, 5.74) is 1.54. The molecule has 1 heterocycles. The van der Waals surface area contributed by atoms with E-state index in [1.54, 1.807) is 48.5 Å². The molecule has 28 heavy (non-hydrogen) atoms. The number of phenolic OH excluding ortho intramolecular Hbond substituents is 2. The predicted octanol–water partition coefficient (Wildman–Crippen LogP) is 4.71. The van der Waals surface area contributed by atoms with Crippen molar-refractivity contribution in [1.29, 1.82) is 0 Å². The van der Waals surface area contributed by atoms with Gasteiger partial charge in [0.05, 0.1) is 5.56 Å². The van der Waals surface area contributed by atoms with Gasteiger partial charge in [0, 0.05) is 16.7 Å². The molecule has 4 heteroatoms. The summed E-state index contributed by atoms with van der Waals surface area (Å²) in [5, 5.41) is 21.4. The highest BCUT2D eigenvalue weighted by molar-refractivity contribution is 6.01. The van der Waals surface area contributed by atoms with Crippen LogP contribution in [0.4, 0.5) is 0 Å². The molecule has 0 bridgehead atoms. The minimum absolute atomic E-state index is 0.132. The van der Waals surface area contributed by atoms with Crippen LogP contribution in [0.15, 0.2) is 84.9 Å². The summed E-state index contributed by atoms with van der Waals surface area (Å²) in [5.74, 6) is -0.137. The highest BCUT2D eigenvalue weighted by atomic mass is 16.6. The Balaban J connectivity index is 1.86. The number of carbonyl (C=O) groups excluding carboxylic acids is 1. The Kier molecular flexibility index (Phi) is 3.43. The minimum atomic E-state index is -1.15. The number of hydrogen-bond donors (Lipinski definition) is 2. The second-order valence-corrected chi connectivity index (χ2v) is 6.91. The van der Waals surface area contributed by atoms with Gasteiger partial charge in [-0.2, -0.15) is 0 Å². The van der Waals surface area contributed by atoms with Gasteiger partial charge in [0.15, 0.2) is 5.60 Å². The van der Waals surface area contributed by atoms with Gasteiger partial charge < -0.3 is 14.9 Å². The number of ether oxygens (including phenoxy) is 1. The van der Waals surface area contributed by atoms with Crippen molar-refractivity contribution in [3.05, 3.63) is 107 Å². The first-order valence-electron chi connectivity index (χ1n) is 8.93. The number of fused-ring (bicyclic) bond motifs is 2. The molecule has 0 saturated heterocycles. The summed E-state index contributed by atoms with van der Waals surface area (Å²) in [6.45, 7) is 0. The van der Waals surface area contributed by atoms with Crippen LogP contribution in [0.25, 0.3) is 10.8 Å². The molecule has 2 N–H and O–H groups in total. The molecule has 4 aromatic carbocycles. The molecule has 5 rings (SSSR count). The molecule has 0 aromatic heterocycles. The summed E-state index contributed by atoms with van der Waals surface area (Å²) in [6, 6.07) is 25.0. The summed E-state index contributed by atoms with van der Waals surface area (Å²) < 4.78 is 6.04. The van der Waals surface area contributed by atoms with Crippen LogP contribution in [-0.2, 0) is 10.3 Å². The lowest BCUT2D eigenvalue weighted by molar-refractivity contribution is 0.0251. The first-order chi connectivity index (χ1) is 13.6. The largest absolute Gasteiger partial charge is 0.508 e. The minimum Gasteiger partial charge on any atom is -0.508 e. The zero-order valence-corrected chi connectivity index (χ0v) is 14.8. The third kappa shape index (κ3) is 2.28. The van der Waals surface area contributed by atoms with Crippen molar-refractivity contribution >= 4 is 16.7 Å². The Hall–Kier alpha value is -3.79. The monoisotopic (exact) mass is 368 g/mol. The molecule has 4 nitrogen and oxygen atoms in total. The molecule has 0 unspecified atom stereocenters. The fraction of sp³-hybridized carbons (Fsp3) is 0.0417. The normalized spacial score (nSPS) is 14.6. The van der Waals surface area contributed by atoms with E-state index in [0.29, 0.717) is 5.56 Å². The summed E-state index contributed by atoms with van der Waals surface area (Å²) >= 11 is 0. The Morgan fingerprint density at radius 3 is 1.71 bits per heavy atom. The van der Waals surface area contributed by atoms with E-state index in [0.717, 1.165) is 27.5 Å². The van der Waals surface area contributed by atoms with Crippen LogP contribution in [0.5, 0.6) is 11.5 Å². The summed E-state index contributed by atoms with van der Waals surface area (Å²) in [7, 11) is 0. The van der Waals surface area contributed by atoms with E-state index < -0.39 is 11.6 Å². The zero-order chi connectivity index (χ0) is 19.3. The molecule has 0 fully saturated rings. The van der Waals surface area contributed by atoms with Crippen molar-refractivity contribution in [2.45, 2.75) is 5.60 Å². The van der Waals surface area contributed by atoms with Gasteiger partial charge in [-0.3, -0.25) is 0 Å². The average molecular weight is 368 g/mol. The number of aromatic hydroxyl groups is 2. The van der Waals surface area contributed by atoms with Crippen molar-refractivity contribution in [3.63, 3.8) is 0 Å². The number of esters is 1. The second kappa shape index (κ2) is 5.86. The Labute approximate surface area is 161 Å². The van der Waals surface area contributed by atoms with E-state index >= 15 is 0 Å². The summed E-state index contributed by atoms with van der Waals surface area (Å²) in [4.78, 5) is 12.9. The molecule has 136 valence electrons. The van der Waals surface area contributed by atoms with E-state index in [1.165, 1.54) is 0 Å². The Bertz CT molecular complexity index is 1160. The van der Waals surface area contributed by atoms with Gasteiger partial charge in [-0.1, -0.05) is 48.5 Å². The van der Waals surface area contributed by atoms with Crippen molar-refractivity contribution in [2.24, 2.45) is 0 Å². The topological polar surface area (TPSA) is 66.8 Å². The lowest BCUT2D eigenvalue weighted by atomic mass is 9.79. The van der Waals surface area contributed by atoms with Gasteiger partial charge in [-0.05, 0) is 47.2 Å². The maximum atomic E-state index is 12.9. The second-order valence-electron chi connectivity index (χ2n) is 6.91. The molecule has 0 aliphatic carbocycles. The van der Waals surface area contributed by atoms with Crippen LogP contribution in [0.2, 0.25) is 0 Å². The van der Waals surface area contributed by atoms with Gasteiger partial charge in [-0.25, -0.2) is 4.79 Å². The van der Waals surface area contributed by atoms with Crippen LogP contribution in [0.1, 0.15) is 27.0 Å². The van der Waals surface area contributed by atoms with E-state index in [2.05, 4.69) is 0 Å². The first kappa shape index (κ1) is 16.4. The first-order valence-corrected chi connectivity index (χ1v) is 8.93. The number of rotatable bonds is 2. The number of cyclic esters (lactones) is 1. The lowest BCUT2D eigenvalue weighted by Crippen LogP contribution is -2.29. The third-order valence-electron chi connectivity index (χ3n) is 5.28. The molecular weight excluding hydrogens is 352 g/mol. The van der Waals surface area contributed by atoms with Crippen molar-refractivity contribution in [1.82, 2.24) is 0 Å². The van der Waals surface area contributed by atoms with Crippen LogP contribution in [-0.4, -0.2) is 16.2 Å². The molecule has 0 radical (unpaired) electrons. The molecule has 1 aliphatic heterocycles. The van der Waals surface area contributed by atoms with Gasteiger partial charge in [0.2, 0.25) is 0 Å². The van der Waals surface area contributed by atoms with Crippen LogP contribution >= 0.6 is 0 Å². The molecule has 0 atom stereocenters. The smallest absolute Gasteiger partial charge is 0.340 e. The van der Waals surface area contributed by atoms with E-state index in [1.807, 2.05) is 36.4 Å². The van der Waals surface area contributed by atoms with Crippen LogP contribution in [0, 0.1) is 0 Å². The third-order valence-corrected chi connectivity index (χ3v) is 5.28. The van der Waals surface area contributed by atoms with Gasteiger partial charge in [-0.15, -0.1) is 0 Å². The molecular formula is C24H16O4. The molecule has 4 aromatic rings. The van der Waals surface area contributed by atoms with Gasteiger partial charge in [0.1, 0.15) is 11.5 Å². The maximum absolute atomic E-state index is 12.9. The predicted molar refractivity (Wildman–Crippen MR) is 105 cm³/mol. The van der Waals surface area contributed by atoms with Crippen LogP contribution in [0.3, 0.4) is 0 Å². The van der Waals surface area contributed by atoms with Gasteiger partial charge in [0.25, 0.3) is 0 Å². The number of phenols is 2. The zero-order valence-electron chi connectivity index (χ0n) is 14.8. The fourth-order valence-electron chi connectivity index (χ4n) is 3.94. The molecule has 0 spiro atoms. The number of hydrogen-bond acceptors (Lipinski definition) is 4. The fourth-order valence-corrected chi connectivity index (χ4v) is 3.94. The molecule has 0 amide bonds. The number of carbonyl (C=O) groups is 1. The SMILES string of the molecule is O=C1OC(c2ccc(O)cc2)(c2ccc(O)cc2)c2cc3ccccc3cc21. The lowest BCUT2D eigenvalue weighted by Gasteiger charge is -2.30. The maximum Gasteiger partial charge on any atom is 0.340 e. The standard InChI is InChI=1S/C24H16O4/c25-19-9-5-17(6-10-19)24(18-7-11-20(26)12-8-18)22-14-16-4-2-1-3-15(16)13-21(22)23(27)28-24/h1-14,25-26H. The highest BCUT2D eigenvalue weighted by Crippen LogP contribution is 2.48. The Morgan fingerprint density at radius 1 is 0.679 bits per heavy atom. The van der Waals surface area contributed by atoms with E-state index in [-0.39, 0.29) is 11.5 Å². The highest BCUT2D eigenvalue weighted by Gasteiger charge is 2.48. The number of benzene rings is 4. The molecule has 1 aliphatic rings.